The van der Waals surface area contributed by atoms with Crippen LogP contribution in [0.1, 0.15) is 15.9 Å². The third-order valence-electron chi connectivity index (χ3n) is 3.47. The summed E-state index contributed by atoms with van der Waals surface area (Å²) in [6.07, 6.45) is 1.41. The molecule has 0 radical (unpaired) electrons. The molecule has 0 spiro atoms. The Hall–Kier alpha value is -3.43. The number of halogens is 2. The van der Waals surface area contributed by atoms with E-state index in [9.17, 15) is 9.18 Å². The average Bonchev–Trinajstić information content (AvgIpc) is 2.65. The number of pyridine rings is 1. The Morgan fingerprint density at radius 2 is 1.96 bits per heavy atom. The second-order valence-corrected chi connectivity index (χ2v) is 5.74. The molecule has 0 unspecified atom stereocenters. The molecule has 1 heterocycles. The van der Waals surface area contributed by atoms with Crippen LogP contribution in [0.3, 0.4) is 0 Å². The van der Waals surface area contributed by atoms with Crippen molar-refractivity contribution in [2.24, 2.45) is 0 Å². The molecule has 0 atom stereocenters. The molecule has 0 saturated heterocycles. The van der Waals surface area contributed by atoms with Crippen LogP contribution in [0.25, 0.3) is 0 Å². The van der Waals surface area contributed by atoms with Gasteiger partial charge < -0.3 is 10.6 Å². The van der Waals surface area contributed by atoms with Gasteiger partial charge in [0.05, 0.1) is 22.2 Å². The highest BCUT2D eigenvalue weighted by molar-refractivity contribution is 6.31. The van der Waals surface area contributed by atoms with Crippen molar-refractivity contribution >= 4 is 34.7 Å². The molecule has 128 valence electrons. The van der Waals surface area contributed by atoms with E-state index in [0.29, 0.717) is 28.3 Å². The van der Waals surface area contributed by atoms with E-state index in [1.165, 1.54) is 24.4 Å². The average molecular weight is 367 g/mol. The third kappa shape index (κ3) is 4.15. The summed E-state index contributed by atoms with van der Waals surface area (Å²) in [7, 11) is 0. The lowest BCUT2D eigenvalue weighted by molar-refractivity contribution is 0.102. The first kappa shape index (κ1) is 17.4. The van der Waals surface area contributed by atoms with Crippen LogP contribution in [0.4, 0.5) is 21.6 Å². The van der Waals surface area contributed by atoms with E-state index in [0.717, 1.165) is 0 Å². The lowest BCUT2D eigenvalue weighted by Gasteiger charge is -2.08. The molecular weight excluding hydrogens is 355 g/mol. The van der Waals surface area contributed by atoms with Gasteiger partial charge in [-0.25, -0.2) is 9.37 Å². The Labute approximate surface area is 154 Å². The molecule has 3 rings (SSSR count). The maximum atomic E-state index is 13.2. The number of carbonyl (C=O) groups is 1. The summed E-state index contributed by atoms with van der Waals surface area (Å²) in [6.45, 7) is 0. The van der Waals surface area contributed by atoms with Crippen molar-refractivity contribution in [2.45, 2.75) is 0 Å². The summed E-state index contributed by atoms with van der Waals surface area (Å²) in [5.41, 5.74) is 1.92. The van der Waals surface area contributed by atoms with Crippen molar-refractivity contribution in [1.82, 2.24) is 4.98 Å². The van der Waals surface area contributed by atoms with Crippen LogP contribution in [-0.2, 0) is 0 Å². The predicted octanol–water partition coefficient (Wildman–Crippen LogP) is 4.74. The molecule has 7 heteroatoms. The highest BCUT2D eigenvalue weighted by Crippen LogP contribution is 2.22. The third-order valence-corrected chi connectivity index (χ3v) is 3.76. The Kier molecular flexibility index (Phi) is 5.11. The van der Waals surface area contributed by atoms with Crippen LogP contribution in [0, 0.1) is 17.1 Å². The van der Waals surface area contributed by atoms with Crippen molar-refractivity contribution in [3.8, 4) is 6.07 Å². The molecule has 2 N–H and O–H groups in total. The summed E-state index contributed by atoms with van der Waals surface area (Å²) < 4.78 is 13.2. The summed E-state index contributed by atoms with van der Waals surface area (Å²) in [5, 5.41) is 14.6. The Morgan fingerprint density at radius 1 is 1.12 bits per heavy atom. The van der Waals surface area contributed by atoms with Crippen molar-refractivity contribution in [3.63, 3.8) is 0 Å². The first-order valence-corrected chi connectivity index (χ1v) is 7.92. The lowest BCUT2D eigenvalue weighted by Crippen LogP contribution is -2.12. The SMILES string of the molecule is N#Cc1cccc(NC(=O)c2ccc(Nc3ccc(F)c(Cl)c3)nc2)c1. The largest absolute Gasteiger partial charge is 0.340 e. The number of nitriles is 1. The van der Waals surface area contributed by atoms with Crippen molar-refractivity contribution in [2.75, 3.05) is 10.6 Å². The highest BCUT2D eigenvalue weighted by atomic mass is 35.5. The predicted molar refractivity (Wildman–Crippen MR) is 98.0 cm³/mol. The zero-order valence-electron chi connectivity index (χ0n) is 13.3. The number of hydrogen-bond acceptors (Lipinski definition) is 4. The number of anilines is 3. The molecule has 0 saturated carbocycles. The van der Waals surface area contributed by atoms with Crippen LogP contribution in [0.15, 0.2) is 60.8 Å². The molecule has 2 aromatic carbocycles. The smallest absolute Gasteiger partial charge is 0.257 e. The van der Waals surface area contributed by atoms with Gasteiger partial charge in [-0.2, -0.15) is 5.26 Å². The van der Waals surface area contributed by atoms with Gasteiger partial charge in [0.2, 0.25) is 0 Å². The second kappa shape index (κ2) is 7.64. The molecule has 1 aromatic heterocycles. The first-order chi connectivity index (χ1) is 12.5. The van der Waals surface area contributed by atoms with Crippen LogP contribution in [0.2, 0.25) is 5.02 Å². The number of amides is 1. The summed E-state index contributed by atoms with van der Waals surface area (Å²) >= 11 is 5.74. The van der Waals surface area contributed by atoms with E-state index in [4.69, 9.17) is 16.9 Å². The molecule has 0 aliphatic carbocycles. The van der Waals surface area contributed by atoms with Gasteiger partial charge in [-0.05, 0) is 48.5 Å². The molecule has 3 aromatic rings. The first-order valence-electron chi connectivity index (χ1n) is 7.55. The maximum absolute atomic E-state index is 13.2. The van der Waals surface area contributed by atoms with Gasteiger partial charge in [-0.15, -0.1) is 0 Å². The number of nitrogens with one attached hydrogen (secondary N) is 2. The Bertz CT molecular complexity index is 999. The quantitative estimate of drug-likeness (QED) is 0.699. The molecule has 0 fully saturated rings. The van der Waals surface area contributed by atoms with Gasteiger partial charge in [0.15, 0.2) is 0 Å². The minimum Gasteiger partial charge on any atom is -0.340 e. The molecular formula is C19H12ClFN4O. The highest BCUT2D eigenvalue weighted by Gasteiger charge is 2.08. The van der Waals surface area contributed by atoms with E-state index in [1.807, 2.05) is 6.07 Å². The topological polar surface area (TPSA) is 77.8 Å². The second-order valence-electron chi connectivity index (χ2n) is 5.33. The van der Waals surface area contributed by atoms with E-state index in [1.54, 1.807) is 36.4 Å². The monoisotopic (exact) mass is 366 g/mol. The number of carbonyl (C=O) groups excluding carboxylic acids is 1. The van der Waals surface area contributed by atoms with Gasteiger partial charge in [-0.1, -0.05) is 17.7 Å². The summed E-state index contributed by atoms with van der Waals surface area (Å²) in [6, 6.07) is 16.1. The van der Waals surface area contributed by atoms with Gasteiger partial charge in [0.25, 0.3) is 5.91 Å². The molecule has 26 heavy (non-hydrogen) atoms. The fourth-order valence-corrected chi connectivity index (χ4v) is 2.37. The minimum absolute atomic E-state index is 0.00518. The van der Waals surface area contributed by atoms with E-state index in [-0.39, 0.29) is 10.9 Å². The molecule has 0 bridgehead atoms. The zero-order chi connectivity index (χ0) is 18.5. The molecule has 1 amide bonds. The number of nitrogens with zero attached hydrogens (tertiary/aromatic N) is 2. The zero-order valence-corrected chi connectivity index (χ0v) is 14.1. The van der Waals surface area contributed by atoms with Crippen molar-refractivity contribution in [3.05, 3.63) is 82.8 Å². The molecule has 0 aliphatic heterocycles. The van der Waals surface area contributed by atoms with E-state index >= 15 is 0 Å². The number of aromatic nitrogens is 1. The maximum Gasteiger partial charge on any atom is 0.257 e. The summed E-state index contributed by atoms with van der Waals surface area (Å²) in [4.78, 5) is 16.4. The lowest BCUT2D eigenvalue weighted by atomic mass is 10.2. The summed E-state index contributed by atoms with van der Waals surface area (Å²) in [5.74, 6) is -0.364. The number of rotatable bonds is 4. The van der Waals surface area contributed by atoms with Gasteiger partial charge in [0, 0.05) is 17.6 Å². The fraction of sp³-hybridized carbons (Fsp3) is 0. The van der Waals surface area contributed by atoms with Gasteiger partial charge in [0.1, 0.15) is 11.6 Å². The van der Waals surface area contributed by atoms with Crippen LogP contribution in [0.5, 0.6) is 0 Å². The molecule has 0 aliphatic rings. The van der Waals surface area contributed by atoms with Gasteiger partial charge in [-0.3, -0.25) is 4.79 Å². The minimum atomic E-state index is -0.502. The molecule has 5 nitrogen and oxygen atoms in total. The van der Waals surface area contributed by atoms with Crippen LogP contribution < -0.4 is 10.6 Å². The Balaban J connectivity index is 1.69. The fourth-order valence-electron chi connectivity index (χ4n) is 2.19. The van der Waals surface area contributed by atoms with Crippen LogP contribution >= 0.6 is 11.6 Å². The number of benzene rings is 2. The van der Waals surface area contributed by atoms with E-state index in [2.05, 4.69) is 15.6 Å². The van der Waals surface area contributed by atoms with Gasteiger partial charge >= 0.3 is 0 Å². The van der Waals surface area contributed by atoms with Crippen molar-refractivity contribution in [1.29, 1.82) is 5.26 Å². The normalized spacial score (nSPS) is 10.0. The van der Waals surface area contributed by atoms with E-state index < -0.39 is 5.82 Å². The standard InChI is InChI=1S/C19H12ClFN4O/c20-16-9-15(5-6-17(16)21)24-18-7-4-13(11-23-18)19(26)25-14-3-1-2-12(8-14)10-22/h1-9,11H,(H,23,24)(H,25,26). The van der Waals surface area contributed by atoms with Crippen LogP contribution in [-0.4, -0.2) is 10.9 Å². The van der Waals surface area contributed by atoms with Crippen molar-refractivity contribution < 1.29 is 9.18 Å². The number of hydrogen-bond donors (Lipinski definition) is 2. The Morgan fingerprint density at radius 3 is 2.65 bits per heavy atom.